The average Bonchev–Trinajstić information content (AvgIpc) is 3.14. The first kappa shape index (κ1) is 16.2. The molecule has 0 spiro atoms. The van der Waals surface area contributed by atoms with Crippen LogP contribution in [0.3, 0.4) is 0 Å². The Morgan fingerprint density at radius 1 is 1.35 bits per heavy atom. The maximum atomic E-state index is 12.8. The minimum atomic E-state index is 0.174. The smallest absolute Gasteiger partial charge is 0.254 e. The molecule has 2 aromatic rings. The predicted octanol–water partition coefficient (Wildman–Crippen LogP) is 4.28. The van der Waals surface area contributed by atoms with E-state index in [2.05, 4.69) is 25.9 Å². The van der Waals surface area contributed by atoms with Crippen molar-refractivity contribution in [1.82, 2.24) is 14.7 Å². The molecule has 0 saturated carbocycles. The highest BCUT2D eigenvalue weighted by Gasteiger charge is 2.26. The summed E-state index contributed by atoms with van der Waals surface area (Å²) in [7, 11) is 0. The van der Waals surface area contributed by atoms with Crippen molar-refractivity contribution in [3.63, 3.8) is 0 Å². The molecule has 1 saturated heterocycles. The summed E-state index contributed by atoms with van der Waals surface area (Å²) < 4.78 is 1.91. The van der Waals surface area contributed by atoms with Gasteiger partial charge in [-0.3, -0.25) is 9.48 Å². The molecule has 3 heterocycles. The minimum absolute atomic E-state index is 0.174. The third-order valence-electron chi connectivity index (χ3n) is 4.72. The quantitative estimate of drug-likeness (QED) is 0.842. The molecule has 0 radical (unpaired) electrons. The van der Waals surface area contributed by atoms with Gasteiger partial charge in [0.25, 0.3) is 5.91 Å². The number of nitrogens with zero attached hydrogens (tertiary/aromatic N) is 3. The van der Waals surface area contributed by atoms with Gasteiger partial charge in [0, 0.05) is 41.7 Å². The Morgan fingerprint density at radius 3 is 2.91 bits per heavy atom. The Balaban J connectivity index is 1.73. The van der Waals surface area contributed by atoms with E-state index in [1.807, 2.05) is 33.4 Å². The first-order valence-corrected chi connectivity index (χ1v) is 9.27. The monoisotopic (exact) mass is 331 g/mol. The van der Waals surface area contributed by atoms with Crippen molar-refractivity contribution in [3.8, 4) is 10.4 Å². The molecule has 0 atom stereocenters. The number of thiophene rings is 1. The maximum Gasteiger partial charge on any atom is 0.254 e. The third-order valence-corrected chi connectivity index (χ3v) is 5.69. The van der Waals surface area contributed by atoms with Crippen LogP contribution in [-0.4, -0.2) is 33.7 Å². The predicted molar refractivity (Wildman–Crippen MR) is 94.7 cm³/mol. The van der Waals surface area contributed by atoms with E-state index in [9.17, 15) is 4.79 Å². The van der Waals surface area contributed by atoms with Crippen molar-refractivity contribution in [2.75, 3.05) is 13.1 Å². The van der Waals surface area contributed by atoms with Crippen LogP contribution in [0.2, 0.25) is 0 Å². The second-order valence-corrected chi connectivity index (χ2v) is 8.01. The summed E-state index contributed by atoms with van der Waals surface area (Å²) in [6, 6.07) is 2.01. The van der Waals surface area contributed by atoms with Gasteiger partial charge in [0.05, 0.1) is 11.8 Å². The summed E-state index contributed by atoms with van der Waals surface area (Å²) >= 11 is 1.62. The van der Waals surface area contributed by atoms with Gasteiger partial charge in [-0.25, -0.2) is 0 Å². The van der Waals surface area contributed by atoms with Gasteiger partial charge >= 0.3 is 0 Å². The zero-order valence-corrected chi connectivity index (χ0v) is 15.0. The van der Waals surface area contributed by atoms with Crippen molar-refractivity contribution in [2.24, 2.45) is 5.41 Å². The van der Waals surface area contributed by atoms with Crippen LogP contribution < -0.4 is 0 Å². The lowest BCUT2D eigenvalue weighted by molar-refractivity contribution is 0.0758. The number of carbonyl (C=O) groups is 1. The highest BCUT2D eigenvalue weighted by atomic mass is 32.1. The van der Waals surface area contributed by atoms with Crippen molar-refractivity contribution in [1.29, 1.82) is 0 Å². The Bertz CT molecular complexity index is 686. The summed E-state index contributed by atoms with van der Waals surface area (Å²) in [5, 5.41) is 6.29. The standard InChI is InChI=1S/C18H25N3OS/c1-4-21-12-15(11-19-21)16-10-14(13-23-16)17(22)20-8-5-6-18(2,3)7-9-20/h10-13H,4-9H2,1-3H3. The van der Waals surface area contributed by atoms with Gasteiger partial charge in [-0.05, 0) is 37.7 Å². The number of aromatic nitrogens is 2. The molecule has 0 aromatic carbocycles. The van der Waals surface area contributed by atoms with Crippen LogP contribution in [0.25, 0.3) is 10.4 Å². The molecule has 1 amide bonds. The normalized spacial score (nSPS) is 18.0. The number of carbonyl (C=O) groups excluding carboxylic acids is 1. The Kier molecular flexibility index (Phi) is 4.57. The number of hydrogen-bond donors (Lipinski definition) is 0. The van der Waals surface area contributed by atoms with Crippen LogP contribution in [0.5, 0.6) is 0 Å². The summed E-state index contributed by atoms with van der Waals surface area (Å²) in [5.74, 6) is 0.174. The van der Waals surface area contributed by atoms with Crippen molar-refractivity contribution < 1.29 is 4.79 Å². The number of hydrogen-bond acceptors (Lipinski definition) is 3. The zero-order valence-electron chi connectivity index (χ0n) is 14.2. The zero-order chi connectivity index (χ0) is 16.4. The SMILES string of the molecule is CCn1cc(-c2cc(C(=O)N3CCCC(C)(C)CC3)cs2)cn1. The third kappa shape index (κ3) is 3.66. The molecular formula is C18H25N3OS. The molecule has 5 heteroatoms. The van der Waals surface area contributed by atoms with Crippen LogP contribution >= 0.6 is 11.3 Å². The topological polar surface area (TPSA) is 38.1 Å². The largest absolute Gasteiger partial charge is 0.339 e. The first-order chi connectivity index (χ1) is 11.0. The van der Waals surface area contributed by atoms with Gasteiger partial charge in [-0.2, -0.15) is 5.10 Å². The van der Waals surface area contributed by atoms with Gasteiger partial charge in [0.1, 0.15) is 0 Å². The van der Waals surface area contributed by atoms with E-state index in [0.717, 1.165) is 48.5 Å². The molecule has 0 bridgehead atoms. The number of amides is 1. The molecule has 0 unspecified atom stereocenters. The Hall–Kier alpha value is -1.62. The van der Waals surface area contributed by atoms with Gasteiger partial charge in [-0.1, -0.05) is 13.8 Å². The van der Waals surface area contributed by atoms with Crippen LogP contribution in [0.1, 0.15) is 50.4 Å². The number of rotatable bonds is 3. The number of likely N-dealkylation sites (tertiary alicyclic amines) is 1. The Labute approximate surface area is 142 Å². The molecule has 0 aliphatic carbocycles. The van der Waals surface area contributed by atoms with E-state index < -0.39 is 0 Å². The summed E-state index contributed by atoms with van der Waals surface area (Å²) in [6.07, 6.45) is 7.28. The Morgan fingerprint density at radius 2 is 2.17 bits per heavy atom. The molecule has 2 aromatic heterocycles. The van der Waals surface area contributed by atoms with E-state index in [-0.39, 0.29) is 5.91 Å². The van der Waals surface area contributed by atoms with Crippen molar-refractivity contribution >= 4 is 17.2 Å². The molecule has 4 nitrogen and oxygen atoms in total. The molecule has 124 valence electrons. The van der Waals surface area contributed by atoms with Gasteiger partial charge < -0.3 is 4.90 Å². The molecule has 1 aliphatic heterocycles. The molecule has 1 aliphatic rings. The van der Waals surface area contributed by atoms with Gasteiger partial charge in [0.15, 0.2) is 0 Å². The van der Waals surface area contributed by atoms with E-state index in [1.165, 1.54) is 6.42 Å². The highest BCUT2D eigenvalue weighted by molar-refractivity contribution is 7.13. The maximum absolute atomic E-state index is 12.8. The second-order valence-electron chi connectivity index (χ2n) is 7.09. The summed E-state index contributed by atoms with van der Waals surface area (Å²) in [4.78, 5) is 15.9. The van der Waals surface area contributed by atoms with Gasteiger partial charge in [-0.15, -0.1) is 11.3 Å². The van der Waals surface area contributed by atoms with E-state index in [1.54, 1.807) is 11.3 Å². The van der Waals surface area contributed by atoms with Crippen molar-refractivity contribution in [2.45, 2.75) is 46.6 Å². The lowest BCUT2D eigenvalue weighted by Gasteiger charge is -2.23. The molecule has 3 rings (SSSR count). The average molecular weight is 331 g/mol. The fourth-order valence-electron chi connectivity index (χ4n) is 3.07. The fourth-order valence-corrected chi connectivity index (χ4v) is 3.93. The molecule has 0 N–H and O–H groups in total. The van der Waals surface area contributed by atoms with Crippen LogP contribution in [0, 0.1) is 5.41 Å². The molecular weight excluding hydrogens is 306 g/mol. The van der Waals surface area contributed by atoms with E-state index in [0.29, 0.717) is 5.41 Å². The lowest BCUT2D eigenvalue weighted by atomic mass is 9.85. The van der Waals surface area contributed by atoms with E-state index in [4.69, 9.17) is 0 Å². The summed E-state index contributed by atoms with van der Waals surface area (Å²) in [5.41, 5.74) is 2.26. The van der Waals surface area contributed by atoms with E-state index >= 15 is 0 Å². The van der Waals surface area contributed by atoms with Crippen LogP contribution in [0.4, 0.5) is 0 Å². The van der Waals surface area contributed by atoms with Crippen LogP contribution in [0.15, 0.2) is 23.8 Å². The first-order valence-electron chi connectivity index (χ1n) is 8.39. The second kappa shape index (κ2) is 6.48. The number of aryl methyl sites for hydroxylation is 1. The van der Waals surface area contributed by atoms with Crippen molar-refractivity contribution in [3.05, 3.63) is 29.4 Å². The lowest BCUT2D eigenvalue weighted by Crippen LogP contribution is -2.32. The fraction of sp³-hybridized carbons (Fsp3) is 0.556. The molecule has 1 fully saturated rings. The minimum Gasteiger partial charge on any atom is -0.339 e. The van der Waals surface area contributed by atoms with Gasteiger partial charge in [0.2, 0.25) is 0 Å². The highest BCUT2D eigenvalue weighted by Crippen LogP contribution is 2.31. The summed E-state index contributed by atoms with van der Waals surface area (Å²) in [6.45, 7) is 9.28. The molecule has 23 heavy (non-hydrogen) atoms. The van der Waals surface area contributed by atoms with Crippen LogP contribution in [-0.2, 0) is 6.54 Å².